The lowest BCUT2D eigenvalue weighted by Crippen LogP contribution is -2.19. The Kier molecular flexibility index (Phi) is 4.79. The lowest BCUT2D eigenvalue weighted by Gasteiger charge is -2.31. The van der Waals surface area contributed by atoms with Gasteiger partial charge in [0.15, 0.2) is 11.5 Å². The van der Waals surface area contributed by atoms with Crippen LogP contribution in [-0.4, -0.2) is 31.4 Å². The van der Waals surface area contributed by atoms with Crippen molar-refractivity contribution in [3.8, 4) is 23.0 Å². The van der Waals surface area contributed by atoms with E-state index in [1.807, 2.05) is 42.5 Å². The van der Waals surface area contributed by atoms with Gasteiger partial charge in [-0.3, -0.25) is 4.98 Å². The molecule has 1 aliphatic rings. The Morgan fingerprint density at radius 1 is 0.935 bits per heavy atom. The number of rotatable bonds is 4. The van der Waals surface area contributed by atoms with Crippen molar-refractivity contribution in [2.45, 2.75) is 18.6 Å². The number of nitrogens with zero attached hydrogens (tertiary/aromatic N) is 1. The third kappa shape index (κ3) is 3.11. The summed E-state index contributed by atoms with van der Waals surface area (Å²) < 4.78 is 23.0. The van der Waals surface area contributed by atoms with Crippen LogP contribution >= 0.6 is 0 Å². The largest absolute Gasteiger partial charge is 0.493 e. The summed E-state index contributed by atoms with van der Waals surface area (Å²) in [4.78, 5) is 4.60. The molecule has 5 rings (SSSR count). The van der Waals surface area contributed by atoms with E-state index in [1.54, 1.807) is 27.5 Å². The van der Waals surface area contributed by atoms with Crippen LogP contribution in [0.4, 0.5) is 0 Å². The van der Waals surface area contributed by atoms with Crippen LogP contribution in [-0.2, 0) is 0 Å². The van der Waals surface area contributed by atoms with Crippen LogP contribution in [0.2, 0.25) is 0 Å². The summed E-state index contributed by atoms with van der Waals surface area (Å²) in [6.07, 6.45) is 1.13. The summed E-state index contributed by atoms with van der Waals surface area (Å²) in [7, 11) is 4.73. The summed E-state index contributed by atoms with van der Waals surface area (Å²) in [6.45, 7) is 0. The Hall–Kier alpha value is -3.51. The average Bonchev–Trinajstić information content (AvgIpc) is 2.82. The molecule has 1 aliphatic heterocycles. The van der Waals surface area contributed by atoms with Gasteiger partial charge in [0.25, 0.3) is 0 Å². The third-order valence-electron chi connectivity index (χ3n) is 5.85. The fourth-order valence-corrected chi connectivity index (χ4v) is 4.34. The van der Waals surface area contributed by atoms with Gasteiger partial charge in [-0.25, -0.2) is 0 Å². The van der Waals surface area contributed by atoms with Gasteiger partial charge in [-0.2, -0.15) is 0 Å². The zero-order chi connectivity index (χ0) is 21.5. The number of fused-ring (bicyclic) bond motifs is 5. The first-order chi connectivity index (χ1) is 15.1. The number of ether oxygens (including phenoxy) is 4. The molecule has 0 fully saturated rings. The van der Waals surface area contributed by atoms with E-state index in [1.165, 1.54) is 0 Å². The molecule has 0 saturated heterocycles. The smallest absolute Gasteiger partial charge is 0.203 e. The van der Waals surface area contributed by atoms with E-state index in [0.717, 1.165) is 32.8 Å². The first kappa shape index (κ1) is 19.5. The molecule has 2 heterocycles. The molecule has 31 heavy (non-hydrogen) atoms. The maximum atomic E-state index is 11.0. The van der Waals surface area contributed by atoms with Gasteiger partial charge in [-0.15, -0.1) is 0 Å². The molecule has 4 aromatic rings. The van der Waals surface area contributed by atoms with Crippen LogP contribution < -0.4 is 18.9 Å². The number of aliphatic hydroxyl groups excluding tert-OH is 1. The zero-order valence-corrected chi connectivity index (χ0v) is 17.6. The van der Waals surface area contributed by atoms with Crippen LogP contribution in [0.25, 0.3) is 21.7 Å². The van der Waals surface area contributed by atoms with Crippen LogP contribution in [0, 0.1) is 0 Å². The number of pyridine rings is 1. The second kappa shape index (κ2) is 7.63. The van der Waals surface area contributed by atoms with E-state index in [0.29, 0.717) is 29.4 Å². The molecule has 2 atom stereocenters. The van der Waals surface area contributed by atoms with Gasteiger partial charge in [-0.1, -0.05) is 30.3 Å². The number of aliphatic hydroxyl groups is 1. The standard InChI is InChI=1S/C25H23NO5/c1-28-20-11-16(12-21(29-2)25(20)30-3)19-13-18(27)17-9-8-14-6-7-15-5-4-10-26-23(15)22(14)24(17)31-19/h4-12,18-19,27H,13H2,1-3H3/t18?,19-/m0/s1. The Bertz CT molecular complexity index is 1260. The van der Waals surface area contributed by atoms with Gasteiger partial charge in [0, 0.05) is 29.1 Å². The molecule has 1 unspecified atom stereocenters. The highest BCUT2D eigenvalue weighted by Crippen LogP contribution is 2.48. The third-order valence-corrected chi connectivity index (χ3v) is 5.85. The molecule has 158 valence electrons. The zero-order valence-electron chi connectivity index (χ0n) is 17.6. The van der Waals surface area contributed by atoms with Crippen molar-refractivity contribution in [2.24, 2.45) is 0 Å². The molecule has 0 radical (unpaired) electrons. The number of hydrogen-bond acceptors (Lipinski definition) is 6. The van der Waals surface area contributed by atoms with Gasteiger partial charge in [0.1, 0.15) is 11.9 Å². The first-order valence-electron chi connectivity index (χ1n) is 10.1. The number of benzene rings is 3. The van der Waals surface area contributed by atoms with Crippen molar-refractivity contribution < 1.29 is 24.1 Å². The average molecular weight is 417 g/mol. The van der Waals surface area contributed by atoms with Crippen molar-refractivity contribution >= 4 is 21.7 Å². The Morgan fingerprint density at radius 2 is 1.65 bits per heavy atom. The van der Waals surface area contributed by atoms with Crippen molar-refractivity contribution in [1.82, 2.24) is 4.98 Å². The van der Waals surface area contributed by atoms with Crippen molar-refractivity contribution in [2.75, 3.05) is 21.3 Å². The minimum Gasteiger partial charge on any atom is -0.493 e. The monoisotopic (exact) mass is 417 g/mol. The van der Waals surface area contributed by atoms with Crippen molar-refractivity contribution in [1.29, 1.82) is 0 Å². The molecule has 0 aliphatic carbocycles. The second-order valence-electron chi connectivity index (χ2n) is 7.54. The molecule has 0 saturated carbocycles. The lowest BCUT2D eigenvalue weighted by molar-refractivity contribution is 0.0670. The van der Waals surface area contributed by atoms with Gasteiger partial charge in [0.05, 0.1) is 38.3 Å². The van der Waals surface area contributed by atoms with Gasteiger partial charge in [0.2, 0.25) is 5.75 Å². The van der Waals surface area contributed by atoms with E-state index in [4.69, 9.17) is 18.9 Å². The van der Waals surface area contributed by atoms with Crippen LogP contribution in [0.15, 0.2) is 54.7 Å². The minimum atomic E-state index is -0.670. The molecular weight excluding hydrogens is 394 g/mol. The molecule has 6 nitrogen and oxygen atoms in total. The quantitative estimate of drug-likeness (QED) is 0.473. The highest BCUT2D eigenvalue weighted by molar-refractivity contribution is 6.09. The predicted octanol–water partition coefficient (Wildman–Crippen LogP) is 4.97. The highest BCUT2D eigenvalue weighted by Gasteiger charge is 2.31. The summed E-state index contributed by atoms with van der Waals surface area (Å²) in [5.41, 5.74) is 2.47. The highest BCUT2D eigenvalue weighted by atomic mass is 16.5. The summed E-state index contributed by atoms with van der Waals surface area (Å²) in [5.74, 6) is 2.28. The number of methoxy groups -OCH3 is 3. The molecule has 0 spiro atoms. The lowest BCUT2D eigenvalue weighted by atomic mass is 9.91. The maximum absolute atomic E-state index is 11.0. The fourth-order valence-electron chi connectivity index (χ4n) is 4.34. The van der Waals surface area contributed by atoms with Gasteiger partial charge >= 0.3 is 0 Å². The Balaban J connectivity index is 1.68. The molecule has 1 N–H and O–H groups in total. The van der Waals surface area contributed by atoms with Crippen molar-refractivity contribution in [3.05, 3.63) is 65.9 Å². The first-order valence-corrected chi connectivity index (χ1v) is 10.1. The van der Waals surface area contributed by atoms with Gasteiger partial charge < -0.3 is 24.1 Å². The Labute approximate surface area is 180 Å². The van der Waals surface area contributed by atoms with E-state index < -0.39 is 6.10 Å². The van der Waals surface area contributed by atoms with E-state index in [9.17, 15) is 5.11 Å². The predicted molar refractivity (Wildman–Crippen MR) is 118 cm³/mol. The van der Waals surface area contributed by atoms with Crippen LogP contribution in [0.1, 0.15) is 29.8 Å². The van der Waals surface area contributed by atoms with E-state index in [2.05, 4.69) is 11.1 Å². The number of aromatic nitrogens is 1. The molecule has 1 aromatic heterocycles. The molecule has 0 amide bonds. The second-order valence-corrected chi connectivity index (χ2v) is 7.54. The summed E-state index contributed by atoms with van der Waals surface area (Å²) >= 11 is 0. The van der Waals surface area contributed by atoms with Crippen LogP contribution in [0.3, 0.4) is 0 Å². The molecular formula is C25H23NO5. The topological polar surface area (TPSA) is 70.0 Å². The molecule has 3 aromatic carbocycles. The molecule has 0 bridgehead atoms. The Morgan fingerprint density at radius 3 is 2.35 bits per heavy atom. The van der Waals surface area contributed by atoms with Crippen molar-refractivity contribution in [3.63, 3.8) is 0 Å². The SMILES string of the molecule is COc1cc([C@@H]2CC(O)c3ccc4ccc5cccnc5c4c3O2)cc(OC)c1OC. The number of hydrogen-bond donors (Lipinski definition) is 1. The minimum absolute atomic E-state index is 0.388. The molecule has 6 heteroatoms. The van der Waals surface area contributed by atoms with Crippen LogP contribution in [0.5, 0.6) is 23.0 Å². The summed E-state index contributed by atoms with van der Waals surface area (Å²) in [5, 5.41) is 13.9. The van der Waals surface area contributed by atoms with Gasteiger partial charge in [-0.05, 0) is 23.6 Å². The maximum Gasteiger partial charge on any atom is 0.203 e. The normalized spacial score (nSPS) is 17.8. The van der Waals surface area contributed by atoms with E-state index >= 15 is 0 Å². The van der Waals surface area contributed by atoms with E-state index in [-0.39, 0.29) is 6.10 Å². The fraction of sp³-hybridized carbons (Fsp3) is 0.240. The summed E-state index contributed by atoms with van der Waals surface area (Å²) in [6, 6.07) is 15.7.